The van der Waals surface area contributed by atoms with Crippen molar-refractivity contribution >= 4 is 22.1 Å². The van der Waals surface area contributed by atoms with Gasteiger partial charge in [-0.25, -0.2) is 0 Å². The highest BCUT2D eigenvalue weighted by Gasteiger charge is 2.57. The minimum Gasteiger partial charge on any atom is -0.347 e. The molecule has 3 aliphatic rings. The maximum absolute atomic E-state index is 6.76. The molecule has 0 unspecified atom stereocenters. The van der Waals surface area contributed by atoms with Crippen LogP contribution in [0.2, 0.25) is 0 Å². The summed E-state index contributed by atoms with van der Waals surface area (Å²) in [5, 5.41) is 6.11. The Bertz CT molecular complexity index is 1770. The predicted molar refractivity (Wildman–Crippen MR) is 144 cm³/mol. The van der Waals surface area contributed by atoms with E-state index in [2.05, 4.69) is 71.3 Å². The van der Waals surface area contributed by atoms with Crippen LogP contribution in [0, 0.1) is 0 Å². The highest BCUT2D eigenvalue weighted by molar-refractivity contribution is 5.93. The third-order valence-corrected chi connectivity index (χ3v) is 7.98. The van der Waals surface area contributed by atoms with E-state index in [4.69, 9.17) is 25.3 Å². The standard InChI is InChI=1S/C31H26N5O2/c32-30(19-31(20-30)37-15-16-38-31)24-9-11-25(12-10-24)36-29-26-17-23(21-5-2-1-3-6-21)18-33-27(26)13-14-35(29)28(34-36)22-7-4-8-22/h1-14,17-18H,15-16,19-20,32H2/q+1. The summed E-state index contributed by atoms with van der Waals surface area (Å²) in [5.41, 5.74) is 13.5. The van der Waals surface area contributed by atoms with Gasteiger partial charge in [0.25, 0.3) is 5.65 Å². The first-order valence-corrected chi connectivity index (χ1v) is 13.0. The lowest BCUT2D eigenvalue weighted by molar-refractivity contribution is -0.514. The second kappa shape index (κ2) is 7.91. The van der Waals surface area contributed by atoms with Crippen molar-refractivity contribution in [3.8, 4) is 16.8 Å². The highest BCUT2D eigenvalue weighted by atomic mass is 16.7. The molecule has 0 bridgehead atoms. The molecule has 5 aromatic rings. The average Bonchev–Trinajstić information content (AvgIpc) is 3.54. The zero-order valence-electron chi connectivity index (χ0n) is 20.7. The van der Waals surface area contributed by atoms with E-state index >= 15 is 0 Å². The van der Waals surface area contributed by atoms with Crippen molar-refractivity contribution in [1.29, 1.82) is 0 Å². The van der Waals surface area contributed by atoms with Crippen molar-refractivity contribution in [1.82, 2.24) is 14.8 Å². The normalized spacial score (nSPS) is 19.0. The maximum Gasteiger partial charge on any atom is 0.314 e. The number of nitrogens with two attached hydrogens (primary N) is 1. The molecule has 1 saturated heterocycles. The van der Waals surface area contributed by atoms with Gasteiger partial charge < -0.3 is 15.2 Å². The number of hydrogen-bond acceptors (Lipinski definition) is 5. The third-order valence-electron chi connectivity index (χ3n) is 7.98. The number of nitrogens with zero attached hydrogens (tertiary/aromatic N) is 4. The van der Waals surface area contributed by atoms with Crippen LogP contribution in [-0.4, -0.2) is 33.8 Å². The van der Waals surface area contributed by atoms with E-state index in [9.17, 15) is 0 Å². The SMILES string of the molecule is NC1(c2ccc(-n3nc(C4=CC=C4)[n+]4ccc5ncc(-c6ccccc6)cc5c34)cc2)CC2(C1)OCCO2. The quantitative estimate of drug-likeness (QED) is 0.369. The van der Waals surface area contributed by atoms with Crippen LogP contribution in [0.3, 0.4) is 0 Å². The molecular formula is C31H26N5O2+. The summed E-state index contributed by atoms with van der Waals surface area (Å²) in [5.74, 6) is 0.397. The van der Waals surface area contributed by atoms with Crippen LogP contribution < -0.4 is 10.1 Å². The molecule has 186 valence electrons. The number of fused-ring (bicyclic) bond motifs is 3. The lowest BCUT2D eigenvalue weighted by atomic mass is 9.68. The molecule has 2 aliphatic carbocycles. The molecule has 2 aromatic carbocycles. The number of benzene rings is 2. The lowest BCUT2D eigenvalue weighted by Crippen LogP contribution is -2.60. The summed E-state index contributed by atoms with van der Waals surface area (Å²) in [7, 11) is 0. The Hall–Kier alpha value is -4.17. The number of hydrogen-bond donors (Lipinski definition) is 1. The summed E-state index contributed by atoms with van der Waals surface area (Å²) in [6, 6.07) is 23.0. The van der Waals surface area contributed by atoms with Crippen molar-refractivity contribution in [3.05, 3.63) is 109 Å². The van der Waals surface area contributed by atoms with E-state index in [0.29, 0.717) is 26.1 Å². The van der Waals surface area contributed by atoms with E-state index < -0.39 is 11.3 Å². The van der Waals surface area contributed by atoms with E-state index in [1.54, 1.807) is 0 Å². The molecule has 4 heterocycles. The minimum absolute atomic E-state index is 0.447. The molecule has 0 radical (unpaired) electrons. The van der Waals surface area contributed by atoms with Gasteiger partial charge in [0.15, 0.2) is 5.79 Å². The molecule has 8 rings (SSSR count). The fraction of sp³-hybridized carbons (Fsp3) is 0.194. The maximum atomic E-state index is 6.76. The van der Waals surface area contributed by atoms with Gasteiger partial charge in [-0.2, -0.15) is 4.40 Å². The van der Waals surface area contributed by atoms with E-state index in [1.165, 1.54) is 0 Å². The molecule has 2 N–H and O–H groups in total. The van der Waals surface area contributed by atoms with Crippen LogP contribution in [-0.2, 0) is 15.0 Å². The van der Waals surface area contributed by atoms with Crippen LogP contribution in [0.15, 0.2) is 97.4 Å². The smallest absolute Gasteiger partial charge is 0.314 e. The molecule has 7 nitrogen and oxygen atoms in total. The van der Waals surface area contributed by atoms with Crippen LogP contribution >= 0.6 is 0 Å². The van der Waals surface area contributed by atoms with Crippen LogP contribution in [0.1, 0.15) is 24.2 Å². The fourth-order valence-corrected chi connectivity index (χ4v) is 5.97. The topological polar surface area (TPSA) is 79.3 Å². The molecule has 1 saturated carbocycles. The van der Waals surface area contributed by atoms with Gasteiger partial charge in [-0.05, 0) is 47.5 Å². The van der Waals surface area contributed by atoms with E-state index in [0.717, 1.165) is 50.3 Å². The van der Waals surface area contributed by atoms with Gasteiger partial charge in [-0.15, -0.1) is 0 Å². The van der Waals surface area contributed by atoms with Crippen LogP contribution in [0.5, 0.6) is 0 Å². The highest BCUT2D eigenvalue weighted by Crippen LogP contribution is 2.51. The molecule has 0 amide bonds. The number of rotatable bonds is 4. The molecule has 7 heteroatoms. The molecular weight excluding hydrogens is 474 g/mol. The number of allylic oxidation sites excluding steroid dienone is 4. The van der Waals surface area contributed by atoms with Crippen molar-refractivity contribution in [2.75, 3.05) is 13.2 Å². The van der Waals surface area contributed by atoms with Gasteiger partial charge in [-0.1, -0.05) is 53.2 Å². The Morgan fingerprint density at radius 3 is 2.39 bits per heavy atom. The summed E-state index contributed by atoms with van der Waals surface area (Å²) >= 11 is 0. The fourth-order valence-electron chi connectivity index (χ4n) is 5.97. The van der Waals surface area contributed by atoms with Gasteiger partial charge >= 0.3 is 5.82 Å². The molecule has 3 aromatic heterocycles. The average molecular weight is 501 g/mol. The second-order valence-corrected chi connectivity index (χ2v) is 10.4. The number of aromatic nitrogens is 4. The summed E-state index contributed by atoms with van der Waals surface area (Å²) in [6.45, 7) is 1.28. The largest absolute Gasteiger partial charge is 0.347 e. The Balaban J connectivity index is 1.26. The van der Waals surface area contributed by atoms with Gasteiger partial charge in [-0.3, -0.25) is 4.98 Å². The molecule has 1 aliphatic heterocycles. The van der Waals surface area contributed by atoms with Gasteiger partial charge in [0, 0.05) is 24.6 Å². The van der Waals surface area contributed by atoms with E-state index in [1.807, 2.05) is 35.2 Å². The first-order valence-electron chi connectivity index (χ1n) is 13.0. The Morgan fingerprint density at radius 1 is 0.921 bits per heavy atom. The first kappa shape index (κ1) is 21.9. The Labute approximate surface area is 219 Å². The van der Waals surface area contributed by atoms with Crippen LogP contribution in [0.25, 0.3) is 38.9 Å². The second-order valence-electron chi connectivity index (χ2n) is 10.4. The summed E-state index contributed by atoms with van der Waals surface area (Å²) < 4.78 is 15.8. The zero-order chi connectivity index (χ0) is 25.3. The van der Waals surface area contributed by atoms with Gasteiger partial charge in [0.05, 0.1) is 46.5 Å². The predicted octanol–water partition coefficient (Wildman–Crippen LogP) is 4.47. The molecule has 2 fully saturated rings. The lowest BCUT2D eigenvalue weighted by Gasteiger charge is -2.50. The molecule has 1 spiro atoms. The minimum atomic E-state index is -0.496. The van der Waals surface area contributed by atoms with Crippen LogP contribution in [0.4, 0.5) is 0 Å². The van der Waals surface area contributed by atoms with Gasteiger partial charge in [0.1, 0.15) is 5.69 Å². The number of pyridine rings is 2. The molecule has 0 atom stereocenters. The van der Waals surface area contributed by atoms with Crippen molar-refractivity contribution in [3.63, 3.8) is 0 Å². The number of ether oxygens (including phenoxy) is 2. The third kappa shape index (κ3) is 3.23. The molecule has 38 heavy (non-hydrogen) atoms. The van der Waals surface area contributed by atoms with E-state index in [-0.39, 0.29) is 0 Å². The first-order chi connectivity index (χ1) is 18.6. The zero-order valence-corrected chi connectivity index (χ0v) is 20.7. The Morgan fingerprint density at radius 2 is 1.68 bits per heavy atom. The summed E-state index contributed by atoms with van der Waals surface area (Å²) in [4.78, 5) is 4.81. The van der Waals surface area contributed by atoms with Crippen molar-refractivity contribution < 1.29 is 13.9 Å². The Kier molecular flexibility index (Phi) is 4.56. The van der Waals surface area contributed by atoms with Crippen molar-refractivity contribution in [2.24, 2.45) is 5.73 Å². The van der Waals surface area contributed by atoms with Gasteiger partial charge in [0.2, 0.25) is 0 Å². The summed E-state index contributed by atoms with van der Waals surface area (Å²) in [6.07, 6.45) is 11.5. The van der Waals surface area contributed by atoms with Crippen molar-refractivity contribution in [2.45, 2.75) is 24.2 Å². The monoisotopic (exact) mass is 500 g/mol.